The minimum atomic E-state index is 0.0403. The summed E-state index contributed by atoms with van der Waals surface area (Å²) in [5.74, 6) is 0.952. The number of ether oxygens (including phenoxy) is 2. The molecule has 0 bridgehead atoms. The highest BCUT2D eigenvalue weighted by Gasteiger charge is 2.11. The van der Waals surface area contributed by atoms with E-state index in [4.69, 9.17) is 15.2 Å². The molecule has 1 atom stereocenters. The maximum absolute atomic E-state index is 5.98. The first-order chi connectivity index (χ1) is 9.62. The van der Waals surface area contributed by atoms with Crippen molar-refractivity contribution in [1.82, 2.24) is 4.90 Å². The lowest BCUT2D eigenvalue weighted by Gasteiger charge is -2.22. The minimum Gasteiger partial charge on any atom is -0.494 e. The summed E-state index contributed by atoms with van der Waals surface area (Å²) in [7, 11) is 1.73. The molecule has 0 saturated heterocycles. The zero-order chi connectivity index (χ0) is 15.0. The molecule has 114 valence electrons. The first kappa shape index (κ1) is 17.0. The highest BCUT2D eigenvalue weighted by atomic mass is 16.5. The summed E-state index contributed by atoms with van der Waals surface area (Å²) >= 11 is 0. The second-order valence-corrected chi connectivity index (χ2v) is 4.95. The van der Waals surface area contributed by atoms with Gasteiger partial charge in [0.05, 0.1) is 13.2 Å². The standard InChI is InChI=1S/C16H28N2O2/c1-5-18(9-10-19-4)12-15-11-14(13(3)17)7-8-16(15)20-6-2/h7-8,11,13H,5-6,9-10,12,17H2,1-4H3. The highest BCUT2D eigenvalue weighted by Crippen LogP contribution is 2.24. The van der Waals surface area contributed by atoms with Gasteiger partial charge in [0.15, 0.2) is 0 Å². The van der Waals surface area contributed by atoms with E-state index in [1.807, 2.05) is 26.0 Å². The van der Waals surface area contributed by atoms with Crippen LogP contribution < -0.4 is 10.5 Å². The molecule has 0 amide bonds. The fourth-order valence-corrected chi connectivity index (χ4v) is 2.11. The van der Waals surface area contributed by atoms with Crippen LogP contribution in [0.25, 0.3) is 0 Å². The molecule has 0 radical (unpaired) electrons. The average Bonchev–Trinajstić information content (AvgIpc) is 2.44. The molecule has 1 unspecified atom stereocenters. The molecule has 4 heteroatoms. The van der Waals surface area contributed by atoms with Crippen LogP contribution in [0.1, 0.15) is 37.9 Å². The van der Waals surface area contributed by atoms with Crippen LogP contribution in [0.5, 0.6) is 5.75 Å². The predicted octanol–water partition coefficient (Wildman–Crippen LogP) is 2.57. The van der Waals surface area contributed by atoms with Crippen LogP contribution in [0.15, 0.2) is 18.2 Å². The van der Waals surface area contributed by atoms with E-state index in [0.717, 1.165) is 37.6 Å². The average molecular weight is 280 g/mol. The molecule has 0 heterocycles. The van der Waals surface area contributed by atoms with Gasteiger partial charge in [-0.05, 0) is 38.1 Å². The van der Waals surface area contributed by atoms with Crippen LogP contribution in [0, 0.1) is 0 Å². The van der Waals surface area contributed by atoms with Crippen molar-refractivity contribution in [3.05, 3.63) is 29.3 Å². The largest absolute Gasteiger partial charge is 0.494 e. The van der Waals surface area contributed by atoms with Gasteiger partial charge in [0.25, 0.3) is 0 Å². The van der Waals surface area contributed by atoms with Gasteiger partial charge in [-0.25, -0.2) is 0 Å². The van der Waals surface area contributed by atoms with Gasteiger partial charge in [0.1, 0.15) is 5.75 Å². The lowest BCUT2D eigenvalue weighted by molar-refractivity contribution is 0.146. The van der Waals surface area contributed by atoms with Gasteiger partial charge in [0, 0.05) is 31.8 Å². The predicted molar refractivity (Wildman–Crippen MR) is 83.0 cm³/mol. The highest BCUT2D eigenvalue weighted by molar-refractivity contribution is 5.38. The normalized spacial score (nSPS) is 12.7. The zero-order valence-electron chi connectivity index (χ0n) is 13.2. The van der Waals surface area contributed by atoms with E-state index in [0.29, 0.717) is 6.61 Å². The summed E-state index contributed by atoms with van der Waals surface area (Å²) in [6, 6.07) is 6.27. The van der Waals surface area contributed by atoms with Gasteiger partial charge in [-0.3, -0.25) is 4.90 Å². The van der Waals surface area contributed by atoms with Crippen LogP contribution in [0.2, 0.25) is 0 Å². The fraction of sp³-hybridized carbons (Fsp3) is 0.625. The topological polar surface area (TPSA) is 47.7 Å². The summed E-state index contributed by atoms with van der Waals surface area (Å²) in [6.07, 6.45) is 0. The molecule has 0 aliphatic carbocycles. The van der Waals surface area contributed by atoms with Gasteiger partial charge in [-0.2, -0.15) is 0 Å². The van der Waals surface area contributed by atoms with Crippen LogP contribution in [0.4, 0.5) is 0 Å². The van der Waals surface area contributed by atoms with Gasteiger partial charge in [0.2, 0.25) is 0 Å². The van der Waals surface area contributed by atoms with E-state index in [1.165, 1.54) is 5.56 Å². The van der Waals surface area contributed by atoms with Gasteiger partial charge in [-0.1, -0.05) is 13.0 Å². The second-order valence-electron chi connectivity index (χ2n) is 4.95. The Morgan fingerprint density at radius 2 is 2.05 bits per heavy atom. The Morgan fingerprint density at radius 1 is 1.30 bits per heavy atom. The molecule has 1 aromatic carbocycles. The third kappa shape index (κ3) is 5.12. The lowest BCUT2D eigenvalue weighted by atomic mass is 10.0. The van der Waals surface area contributed by atoms with E-state index in [2.05, 4.69) is 17.9 Å². The number of rotatable bonds is 9. The molecule has 0 fully saturated rings. The number of likely N-dealkylation sites (N-methyl/N-ethyl adjacent to an activating group) is 1. The third-order valence-corrected chi connectivity index (χ3v) is 3.36. The quantitative estimate of drug-likeness (QED) is 0.755. The number of benzene rings is 1. The number of nitrogens with two attached hydrogens (primary N) is 1. The molecule has 0 spiro atoms. The molecule has 2 N–H and O–H groups in total. The SMILES string of the molecule is CCOc1ccc(C(C)N)cc1CN(CC)CCOC. The molecule has 0 aliphatic rings. The summed E-state index contributed by atoms with van der Waals surface area (Å²) in [6.45, 7) is 10.3. The van der Waals surface area contributed by atoms with Crippen molar-refractivity contribution in [1.29, 1.82) is 0 Å². The number of hydrogen-bond donors (Lipinski definition) is 1. The first-order valence-corrected chi connectivity index (χ1v) is 7.34. The summed E-state index contributed by atoms with van der Waals surface area (Å²) in [5.41, 5.74) is 8.31. The molecular weight excluding hydrogens is 252 g/mol. The van der Waals surface area contributed by atoms with Crippen LogP contribution in [0.3, 0.4) is 0 Å². The van der Waals surface area contributed by atoms with Crippen molar-refractivity contribution in [3.8, 4) is 5.75 Å². The molecule has 4 nitrogen and oxygen atoms in total. The van der Waals surface area contributed by atoms with E-state index in [1.54, 1.807) is 7.11 Å². The van der Waals surface area contributed by atoms with Crippen molar-refractivity contribution >= 4 is 0 Å². The fourth-order valence-electron chi connectivity index (χ4n) is 2.11. The van der Waals surface area contributed by atoms with Gasteiger partial charge in [-0.15, -0.1) is 0 Å². The van der Waals surface area contributed by atoms with Crippen molar-refractivity contribution < 1.29 is 9.47 Å². The monoisotopic (exact) mass is 280 g/mol. The summed E-state index contributed by atoms with van der Waals surface area (Å²) in [4.78, 5) is 2.34. The Labute approximate surface area is 122 Å². The first-order valence-electron chi connectivity index (χ1n) is 7.34. The van der Waals surface area contributed by atoms with Crippen LogP contribution in [-0.4, -0.2) is 38.3 Å². The lowest BCUT2D eigenvalue weighted by Crippen LogP contribution is -2.27. The Hall–Kier alpha value is -1.10. The molecule has 20 heavy (non-hydrogen) atoms. The van der Waals surface area contributed by atoms with E-state index >= 15 is 0 Å². The summed E-state index contributed by atoms with van der Waals surface area (Å²) < 4.78 is 10.9. The maximum atomic E-state index is 5.98. The number of methoxy groups -OCH3 is 1. The Kier molecular flexibility index (Phi) is 7.59. The van der Waals surface area contributed by atoms with Crippen molar-refractivity contribution in [2.45, 2.75) is 33.4 Å². The molecular formula is C16H28N2O2. The molecule has 0 aliphatic heterocycles. The molecule has 1 rings (SSSR count). The van der Waals surface area contributed by atoms with Crippen molar-refractivity contribution in [2.75, 3.05) is 33.4 Å². The molecule has 0 aromatic heterocycles. The Bertz CT molecular complexity index is 394. The van der Waals surface area contributed by atoms with Gasteiger partial charge < -0.3 is 15.2 Å². The second kappa shape index (κ2) is 8.95. The van der Waals surface area contributed by atoms with Gasteiger partial charge >= 0.3 is 0 Å². The van der Waals surface area contributed by atoms with E-state index in [-0.39, 0.29) is 6.04 Å². The summed E-state index contributed by atoms with van der Waals surface area (Å²) in [5, 5.41) is 0. The van der Waals surface area contributed by atoms with E-state index in [9.17, 15) is 0 Å². The third-order valence-electron chi connectivity index (χ3n) is 3.36. The Balaban J connectivity index is 2.89. The van der Waals surface area contributed by atoms with Crippen LogP contribution >= 0.6 is 0 Å². The number of hydrogen-bond acceptors (Lipinski definition) is 4. The molecule has 1 aromatic rings. The van der Waals surface area contributed by atoms with Crippen LogP contribution in [-0.2, 0) is 11.3 Å². The zero-order valence-corrected chi connectivity index (χ0v) is 13.2. The minimum absolute atomic E-state index is 0.0403. The molecule has 0 saturated carbocycles. The Morgan fingerprint density at radius 3 is 2.60 bits per heavy atom. The number of nitrogens with zero attached hydrogens (tertiary/aromatic N) is 1. The smallest absolute Gasteiger partial charge is 0.123 e. The maximum Gasteiger partial charge on any atom is 0.123 e. The van der Waals surface area contributed by atoms with Crippen molar-refractivity contribution in [3.63, 3.8) is 0 Å². The van der Waals surface area contributed by atoms with E-state index < -0.39 is 0 Å². The van der Waals surface area contributed by atoms with Crippen molar-refractivity contribution in [2.24, 2.45) is 5.73 Å².